The maximum atomic E-state index is 13.5. The third kappa shape index (κ3) is 3.13. The highest BCUT2D eigenvalue weighted by molar-refractivity contribution is 6.01. The van der Waals surface area contributed by atoms with Gasteiger partial charge in [-0.1, -0.05) is 0 Å². The Kier molecular flexibility index (Phi) is 4.31. The molecule has 2 aliphatic rings. The molecule has 156 valence electrons. The summed E-state index contributed by atoms with van der Waals surface area (Å²) in [4.78, 5) is 32.3. The topological polar surface area (TPSA) is 85.2 Å². The normalized spacial score (nSPS) is 17.7. The molecule has 0 unspecified atom stereocenters. The molecule has 1 amide bonds. The van der Waals surface area contributed by atoms with Crippen molar-refractivity contribution in [1.82, 2.24) is 19.6 Å². The summed E-state index contributed by atoms with van der Waals surface area (Å²) in [7, 11) is 0. The highest BCUT2D eigenvalue weighted by Crippen LogP contribution is 2.44. The molecule has 0 atom stereocenters. The van der Waals surface area contributed by atoms with E-state index in [0.717, 1.165) is 32.5 Å². The monoisotopic (exact) mass is 416 g/mol. The van der Waals surface area contributed by atoms with E-state index in [1.165, 1.54) is 28.8 Å². The third-order valence-electron chi connectivity index (χ3n) is 5.34. The second-order valence-electron chi connectivity index (χ2n) is 7.29. The van der Waals surface area contributed by atoms with Gasteiger partial charge in [0.25, 0.3) is 11.5 Å². The Labute approximate surface area is 169 Å². The number of hydrogen-bond donors (Lipinski definition) is 1. The summed E-state index contributed by atoms with van der Waals surface area (Å²) in [6, 6.07) is 5.69. The summed E-state index contributed by atoms with van der Waals surface area (Å²) in [6.45, 7) is 3.23. The molecule has 5 rings (SSSR count). The van der Waals surface area contributed by atoms with Crippen LogP contribution in [-0.2, 0) is 0 Å². The van der Waals surface area contributed by atoms with Gasteiger partial charge >= 0.3 is 6.29 Å². The number of amides is 1. The number of carbonyl (C=O) groups is 1. The van der Waals surface area contributed by atoms with E-state index in [1.54, 1.807) is 6.07 Å². The van der Waals surface area contributed by atoms with E-state index in [0.29, 0.717) is 6.54 Å². The number of rotatable bonds is 4. The van der Waals surface area contributed by atoms with Crippen molar-refractivity contribution in [2.75, 3.05) is 26.2 Å². The Hall–Kier alpha value is -3.27. The smallest absolute Gasteiger partial charge is 0.395 e. The van der Waals surface area contributed by atoms with Gasteiger partial charge in [-0.3, -0.25) is 14.0 Å². The van der Waals surface area contributed by atoms with Gasteiger partial charge in [0.1, 0.15) is 5.52 Å². The summed E-state index contributed by atoms with van der Waals surface area (Å²) in [5.74, 6) is -0.925. The van der Waals surface area contributed by atoms with Crippen LogP contribution in [0.4, 0.5) is 8.78 Å². The fourth-order valence-electron chi connectivity index (χ4n) is 3.90. The molecule has 1 saturated heterocycles. The number of aromatic nitrogens is 2. The molecule has 0 radical (unpaired) electrons. The van der Waals surface area contributed by atoms with Crippen molar-refractivity contribution in [1.29, 1.82) is 0 Å². The average Bonchev–Trinajstić information content (AvgIpc) is 3.34. The minimum atomic E-state index is -3.84. The third-order valence-corrected chi connectivity index (χ3v) is 5.34. The van der Waals surface area contributed by atoms with Gasteiger partial charge in [0.15, 0.2) is 17.1 Å². The summed E-state index contributed by atoms with van der Waals surface area (Å²) in [6.07, 6.45) is -0.0428. The molecule has 4 heterocycles. The maximum Gasteiger partial charge on any atom is 0.586 e. The van der Waals surface area contributed by atoms with Crippen molar-refractivity contribution in [3.63, 3.8) is 0 Å². The standard InChI is InChI=1S/C20H18F2N4O4/c21-20(22)29-14-6-5-12-15(16(14)30-20)24-17-13(4-3-10-26(17)19(12)28)18(27)23-7-11-25-8-1-2-9-25/h3-6,10H,1-2,7-9,11H2,(H,23,27). The van der Waals surface area contributed by atoms with Crippen LogP contribution in [0.15, 0.2) is 35.3 Å². The Morgan fingerprint density at radius 2 is 2.00 bits per heavy atom. The predicted molar refractivity (Wildman–Crippen MR) is 103 cm³/mol. The SMILES string of the molecule is O=C(NCCN1CCCC1)c1cccn2c(=O)c3ccc4c(c3nc12)OC(F)(F)O4. The number of hydrogen-bond acceptors (Lipinski definition) is 6. The molecule has 2 aromatic heterocycles. The van der Waals surface area contributed by atoms with E-state index in [-0.39, 0.29) is 33.6 Å². The molecule has 1 N–H and O–H groups in total. The van der Waals surface area contributed by atoms with E-state index >= 15 is 0 Å². The first-order chi connectivity index (χ1) is 14.4. The highest BCUT2D eigenvalue weighted by atomic mass is 19.3. The molecule has 30 heavy (non-hydrogen) atoms. The van der Waals surface area contributed by atoms with Crippen LogP contribution in [0.5, 0.6) is 11.5 Å². The van der Waals surface area contributed by atoms with E-state index in [2.05, 4.69) is 24.7 Å². The molecular weight excluding hydrogens is 398 g/mol. The van der Waals surface area contributed by atoms with Crippen LogP contribution in [0.1, 0.15) is 23.2 Å². The summed E-state index contributed by atoms with van der Waals surface area (Å²) in [5, 5.41) is 2.92. The lowest BCUT2D eigenvalue weighted by atomic mass is 10.2. The van der Waals surface area contributed by atoms with Crippen molar-refractivity contribution in [2.24, 2.45) is 0 Å². The molecule has 0 bridgehead atoms. The van der Waals surface area contributed by atoms with Gasteiger partial charge in [0, 0.05) is 19.3 Å². The molecule has 10 heteroatoms. The molecule has 1 aromatic carbocycles. The minimum Gasteiger partial charge on any atom is -0.395 e. The number of likely N-dealkylation sites (tertiary alicyclic amines) is 1. The predicted octanol–water partition coefficient (Wildman–Crippen LogP) is 1.99. The van der Waals surface area contributed by atoms with Gasteiger partial charge in [0.05, 0.1) is 10.9 Å². The van der Waals surface area contributed by atoms with Crippen LogP contribution in [-0.4, -0.2) is 52.7 Å². The molecule has 2 aliphatic heterocycles. The number of carbonyl (C=O) groups excluding carboxylic acids is 1. The number of nitrogens with one attached hydrogen (secondary N) is 1. The van der Waals surface area contributed by atoms with Crippen LogP contribution in [0.3, 0.4) is 0 Å². The van der Waals surface area contributed by atoms with Crippen molar-refractivity contribution in [3.8, 4) is 11.5 Å². The Bertz CT molecular complexity index is 1220. The Balaban J connectivity index is 1.54. The van der Waals surface area contributed by atoms with E-state index in [9.17, 15) is 18.4 Å². The first kappa shape index (κ1) is 18.7. The van der Waals surface area contributed by atoms with E-state index in [1.807, 2.05) is 0 Å². The zero-order valence-electron chi connectivity index (χ0n) is 15.9. The number of nitrogens with zero attached hydrogens (tertiary/aromatic N) is 3. The second-order valence-corrected chi connectivity index (χ2v) is 7.29. The van der Waals surface area contributed by atoms with Crippen molar-refractivity contribution < 1.29 is 23.0 Å². The number of ether oxygens (including phenoxy) is 2. The van der Waals surface area contributed by atoms with Crippen molar-refractivity contribution >= 4 is 22.5 Å². The van der Waals surface area contributed by atoms with Crippen molar-refractivity contribution in [3.05, 3.63) is 46.4 Å². The lowest BCUT2D eigenvalue weighted by Gasteiger charge is -2.15. The zero-order chi connectivity index (χ0) is 20.9. The fraction of sp³-hybridized carbons (Fsp3) is 0.350. The molecule has 3 aromatic rings. The molecule has 0 spiro atoms. The molecule has 8 nitrogen and oxygen atoms in total. The molecule has 1 fully saturated rings. The first-order valence-corrected chi connectivity index (χ1v) is 9.67. The molecular formula is C20H18F2N4O4. The minimum absolute atomic E-state index is 0.0564. The number of fused-ring (bicyclic) bond motifs is 4. The van der Waals surface area contributed by atoms with Gasteiger partial charge in [0.2, 0.25) is 0 Å². The van der Waals surface area contributed by atoms with Crippen LogP contribution in [0.2, 0.25) is 0 Å². The van der Waals surface area contributed by atoms with Gasteiger partial charge < -0.3 is 19.7 Å². The van der Waals surface area contributed by atoms with Gasteiger partial charge in [-0.05, 0) is 50.2 Å². The quantitative estimate of drug-likeness (QED) is 0.655. The molecule has 0 aliphatic carbocycles. The Morgan fingerprint density at radius 1 is 1.20 bits per heavy atom. The van der Waals surface area contributed by atoms with E-state index in [4.69, 9.17) is 0 Å². The van der Waals surface area contributed by atoms with E-state index < -0.39 is 17.8 Å². The average molecular weight is 416 g/mol. The largest absolute Gasteiger partial charge is 0.586 e. The first-order valence-electron chi connectivity index (χ1n) is 9.67. The number of halogens is 2. The summed E-state index contributed by atoms with van der Waals surface area (Å²) >= 11 is 0. The van der Waals surface area contributed by atoms with Crippen LogP contribution in [0.25, 0.3) is 16.6 Å². The number of benzene rings is 1. The summed E-state index contributed by atoms with van der Waals surface area (Å²) in [5.41, 5.74) is -0.350. The van der Waals surface area contributed by atoms with Crippen LogP contribution >= 0.6 is 0 Å². The van der Waals surface area contributed by atoms with Gasteiger partial charge in [-0.15, -0.1) is 8.78 Å². The second kappa shape index (κ2) is 6.91. The van der Waals surface area contributed by atoms with Gasteiger partial charge in [-0.25, -0.2) is 4.98 Å². The van der Waals surface area contributed by atoms with Crippen LogP contribution < -0.4 is 20.3 Å². The Morgan fingerprint density at radius 3 is 2.80 bits per heavy atom. The maximum absolute atomic E-state index is 13.5. The fourth-order valence-corrected chi connectivity index (χ4v) is 3.90. The van der Waals surface area contributed by atoms with Gasteiger partial charge in [-0.2, -0.15) is 0 Å². The lowest BCUT2D eigenvalue weighted by molar-refractivity contribution is -0.286. The number of pyridine rings is 1. The lowest BCUT2D eigenvalue weighted by Crippen LogP contribution is -2.34. The zero-order valence-corrected chi connectivity index (χ0v) is 15.9. The summed E-state index contributed by atoms with van der Waals surface area (Å²) < 4.78 is 37.3. The highest BCUT2D eigenvalue weighted by Gasteiger charge is 2.44. The van der Waals surface area contributed by atoms with Crippen molar-refractivity contribution in [2.45, 2.75) is 19.1 Å². The molecule has 0 saturated carbocycles. The number of alkyl halides is 2. The van der Waals surface area contributed by atoms with Crippen LogP contribution in [0, 0.1) is 0 Å².